The van der Waals surface area contributed by atoms with E-state index in [9.17, 15) is 9.90 Å². The topological polar surface area (TPSA) is 49.4 Å². The van der Waals surface area contributed by atoms with Crippen molar-refractivity contribution < 1.29 is 14.6 Å². The van der Waals surface area contributed by atoms with Crippen molar-refractivity contribution in [3.05, 3.63) is 0 Å². The minimum atomic E-state index is -1.15. The highest BCUT2D eigenvalue weighted by molar-refractivity contribution is 5.70. The second-order valence-corrected chi connectivity index (χ2v) is 2.22. The Hall–Kier alpha value is -0.570. The van der Waals surface area contributed by atoms with E-state index in [1.807, 2.05) is 0 Å². The number of carboxylic acids is 1. The van der Waals surface area contributed by atoms with Crippen LogP contribution in [0, 0.1) is 5.92 Å². The Morgan fingerprint density at radius 2 is 2.00 bits per heavy atom. The molecule has 0 N–H and O–H groups in total. The van der Waals surface area contributed by atoms with E-state index in [2.05, 4.69) is 4.74 Å². The Labute approximate surface area is 54.6 Å². The number of carbonyl (C=O) groups excluding carboxylic acids is 1. The monoisotopic (exact) mass is 131 g/mol. The Morgan fingerprint density at radius 1 is 1.56 bits per heavy atom. The summed E-state index contributed by atoms with van der Waals surface area (Å²) < 4.78 is 4.61. The predicted octanol–water partition coefficient (Wildman–Crippen LogP) is -0.593. The van der Waals surface area contributed by atoms with Gasteiger partial charge in [-0.1, -0.05) is 13.8 Å². The minimum Gasteiger partial charge on any atom is -0.547 e. The first-order chi connectivity index (χ1) is 4.09. The van der Waals surface area contributed by atoms with Crippen LogP contribution in [0.15, 0.2) is 0 Å². The summed E-state index contributed by atoms with van der Waals surface area (Å²) in [5.41, 5.74) is 0. The lowest BCUT2D eigenvalue weighted by molar-refractivity contribution is -0.317. The smallest absolute Gasteiger partial charge is 0.0987 e. The first-order valence-corrected chi connectivity index (χ1v) is 2.83. The van der Waals surface area contributed by atoms with Gasteiger partial charge in [0, 0.05) is 7.11 Å². The average Bonchev–Trinajstić information content (AvgIpc) is 1.64. The molecule has 0 aliphatic carbocycles. The molecule has 0 radical (unpaired) electrons. The van der Waals surface area contributed by atoms with Gasteiger partial charge in [-0.2, -0.15) is 0 Å². The highest BCUT2D eigenvalue weighted by Crippen LogP contribution is 2.02. The van der Waals surface area contributed by atoms with Crippen LogP contribution in [0.5, 0.6) is 0 Å². The molecule has 0 heterocycles. The van der Waals surface area contributed by atoms with Crippen LogP contribution in [-0.2, 0) is 9.53 Å². The SMILES string of the molecule is COC(C(=O)[O-])C(C)C. The van der Waals surface area contributed by atoms with E-state index in [-0.39, 0.29) is 5.92 Å². The fraction of sp³-hybridized carbons (Fsp3) is 0.833. The molecule has 0 aliphatic rings. The number of carboxylic acid groups (broad SMARTS) is 1. The number of methoxy groups -OCH3 is 1. The molecule has 0 amide bonds. The number of rotatable bonds is 3. The first kappa shape index (κ1) is 8.43. The van der Waals surface area contributed by atoms with Crippen LogP contribution in [0.1, 0.15) is 13.8 Å². The molecule has 0 rings (SSSR count). The zero-order chi connectivity index (χ0) is 7.44. The van der Waals surface area contributed by atoms with Crippen LogP contribution in [0.4, 0.5) is 0 Å². The Bertz CT molecular complexity index is 98.5. The zero-order valence-electron chi connectivity index (χ0n) is 5.88. The molecule has 0 saturated heterocycles. The normalized spacial score (nSPS) is 13.8. The van der Waals surface area contributed by atoms with E-state index in [1.165, 1.54) is 7.11 Å². The Morgan fingerprint density at radius 3 is 2.00 bits per heavy atom. The van der Waals surface area contributed by atoms with Crippen LogP contribution in [0.25, 0.3) is 0 Å². The summed E-state index contributed by atoms with van der Waals surface area (Å²) in [6.07, 6.45) is -0.773. The molecule has 3 nitrogen and oxygen atoms in total. The van der Waals surface area contributed by atoms with Gasteiger partial charge in [-0.15, -0.1) is 0 Å². The van der Waals surface area contributed by atoms with E-state index in [0.717, 1.165) is 0 Å². The average molecular weight is 131 g/mol. The van der Waals surface area contributed by atoms with E-state index in [4.69, 9.17) is 0 Å². The predicted molar refractivity (Wildman–Crippen MR) is 30.6 cm³/mol. The van der Waals surface area contributed by atoms with E-state index >= 15 is 0 Å². The summed E-state index contributed by atoms with van der Waals surface area (Å²) in [4.78, 5) is 10.1. The fourth-order valence-electron chi connectivity index (χ4n) is 0.641. The van der Waals surface area contributed by atoms with Crippen LogP contribution in [0.2, 0.25) is 0 Å². The molecule has 54 valence electrons. The van der Waals surface area contributed by atoms with Gasteiger partial charge in [-0.25, -0.2) is 0 Å². The van der Waals surface area contributed by atoms with Gasteiger partial charge in [0.15, 0.2) is 0 Å². The minimum absolute atomic E-state index is 0.0278. The van der Waals surface area contributed by atoms with Gasteiger partial charge in [0.2, 0.25) is 0 Å². The van der Waals surface area contributed by atoms with Crippen molar-refractivity contribution in [2.45, 2.75) is 20.0 Å². The number of hydrogen-bond acceptors (Lipinski definition) is 3. The highest BCUT2D eigenvalue weighted by atomic mass is 16.5. The molecule has 0 aromatic rings. The third-order valence-electron chi connectivity index (χ3n) is 1.09. The summed E-state index contributed by atoms with van der Waals surface area (Å²) in [5, 5.41) is 10.1. The van der Waals surface area contributed by atoms with Crippen molar-refractivity contribution in [2.75, 3.05) is 7.11 Å². The molecule has 1 unspecified atom stereocenters. The maximum Gasteiger partial charge on any atom is 0.0987 e. The number of carbonyl (C=O) groups is 1. The molecular weight excluding hydrogens is 120 g/mol. The zero-order valence-corrected chi connectivity index (χ0v) is 5.88. The first-order valence-electron chi connectivity index (χ1n) is 2.83. The van der Waals surface area contributed by atoms with Crippen molar-refractivity contribution >= 4 is 5.97 Å². The molecule has 0 spiro atoms. The summed E-state index contributed by atoms with van der Waals surface area (Å²) in [7, 11) is 1.36. The standard InChI is InChI=1S/C6H12O3/c1-4(2)5(9-3)6(7)8/h4-5H,1-3H3,(H,7,8)/p-1. The van der Waals surface area contributed by atoms with Gasteiger partial charge in [-0.3, -0.25) is 0 Å². The summed E-state index contributed by atoms with van der Waals surface area (Å²) in [5.74, 6) is -1.17. The van der Waals surface area contributed by atoms with Gasteiger partial charge >= 0.3 is 0 Å². The Kier molecular flexibility index (Phi) is 3.24. The van der Waals surface area contributed by atoms with Crippen LogP contribution in [-0.4, -0.2) is 19.2 Å². The van der Waals surface area contributed by atoms with E-state index in [0.29, 0.717) is 0 Å². The maximum absolute atomic E-state index is 10.1. The highest BCUT2D eigenvalue weighted by Gasteiger charge is 2.11. The van der Waals surface area contributed by atoms with Crippen molar-refractivity contribution in [3.8, 4) is 0 Å². The second kappa shape index (κ2) is 3.45. The van der Waals surface area contributed by atoms with Crippen molar-refractivity contribution in [1.29, 1.82) is 0 Å². The lowest BCUT2D eigenvalue weighted by Gasteiger charge is -2.19. The van der Waals surface area contributed by atoms with E-state index in [1.54, 1.807) is 13.8 Å². The fourth-order valence-corrected chi connectivity index (χ4v) is 0.641. The third-order valence-corrected chi connectivity index (χ3v) is 1.09. The summed E-state index contributed by atoms with van der Waals surface area (Å²) >= 11 is 0. The maximum atomic E-state index is 10.1. The van der Waals surface area contributed by atoms with Crippen molar-refractivity contribution in [1.82, 2.24) is 0 Å². The van der Waals surface area contributed by atoms with Gasteiger partial charge in [-0.05, 0) is 5.92 Å². The molecule has 0 saturated carbocycles. The summed E-state index contributed by atoms with van der Waals surface area (Å²) in [6.45, 7) is 3.54. The number of ether oxygens (including phenoxy) is 1. The lowest BCUT2D eigenvalue weighted by atomic mass is 10.1. The molecule has 0 fully saturated rings. The molecule has 3 heteroatoms. The molecule has 0 aromatic carbocycles. The quantitative estimate of drug-likeness (QED) is 0.514. The molecular formula is C6H11O3-. The van der Waals surface area contributed by atoms with Crippen molar-refractivity contribution in [3.63, 3.8) is 0 Å². The van der Waals surface area contributed by atoms with Crippen molar-refractivity contribution in [2.24, 2.45) is 5.92 Å². The van der Waals surface area contributed by atoms with Gasteiger partial charge < -0.3 is 14.6 Å². The third kappa shape index (κ3) is 2.46. The molecule has 1 atom stereocenters. The lowest BCUT2D eigenvalue weighted by Crippen LogP contribution is -2.40. The largest absolute Gasteiger partial charge is 0.547 e. The van der Waals surface area contributed by atoms with Crippen LogP contribution >= 0.6 is 0 Å². The molecule has 0 aromatic heterocycles. The number of hydrogen-bond donors (Lipinski definition) is 0. The Balaban J connectivity index is 3.83. The van der Waals surface area contributed by atoms with Gasteiger partial charge in [0.05, 0.1) is 12.1 Å². The van der Waals surface area contributed by atoms with Gasteiger partial charge in [0.25, 0.3) is 0 Å². The molecule has 0 bridgehead atoms. The second-order valence-electron chi connectivity index (χ2n) is 2.22. The van der Waals surface area contributed by atoms with E-state index < -0.39 is 12.1 Å². The van der Waals surface area contributed by atoms with Gasteiger partial charge in [0.1, 0.15) is 0 Å². The number of aliphatic carboxylic acids is 1. The molecule has 0 aliphatic heterocycles. The molecule has 9 heavy (non-hydrogen) atoms. The van der Waals surface area contributed by atoms with Crippen LogP contribution < -0.4 is 5.11 Å². The van der Waals surface area contributed by atoms with Crippen LogP contribution in [0.3, 0.4) is 0 Å². The summed E-state index contributed by atoms with van der Waals surface area (Å²) in [6, 6.07) is 0.